The van der Waals surface area contributed by atoms with Crippen LogP contribution in [0.5, 0.6) is 0 Å². The van der Waals surface area contributed by atoms with Crippen molar-refractivity contribution in [3.8, 4) is 0 Å². The summed E-state index contributed by atoms with van der Waals surface area (Å²) in [5.74, 6) is 2.88. The first-order valence-electron chi connectivity index (χ1n) is 9.22. The van der Waals surface area contributed by atoms with Crippen LogP contribution in [0.4, 0.5) is 0 Å². The third-order valence-electron chi connectivity index (χ3n) is 6.60. The van der Waals surface area contributed by atoms with Gasteiger partial charge >= 0.3 is 0 Å². The van der Waals surface area contributed by atoms with Crippen LogP contribution in [0.2, 0.25) is 0 Å². The van der Waals surface area contributed by atoms with Crippen LogP contribution in [0.15, 0.2) is 30.3 Å². The quantitative estimate of drug-likeness (QED) is 0.560. The molecular weight excluding hydrogens is 264 g/mol. The van der Waals surface area contributed by atoms with Gasteiger partial charge in [0.25, 0.3) is 0 Å². The van der Waals surface area contributed by atoms with E-state index >= 15 is 0 Å². The van der Waals surface area contributed by atoms with Crippen molar-refractivity contribution in [1.29, 1.82) is 0 Å². The van der Waals surface area contributed by atoms with Crippen molar-refractivity contribution in [2.75, 3.05) is 0 Å². The molecular formula is C22H28. The summed E-state index contributed by atoms with van der Waals surface area (Å²) in [5, 5.41) is 2.88. The lowest BCUT2D eigenvalue weighted by molar-refractivity contribution is 0.155. The van der Waals surface area contributed by atoms with E-state index in [2.05, 4.69) is 44.2 Å². The zero-order valence-corrected chi connectivity index (χ0v) is 14.1. The first-order valence-corrected chi connectivity index (χ1v) is 9.22. The Morgan fingerprint density at radius 2 is 1.64 bits per heavy atom. The summed E-state index contributed by atoms with van der Waals surface area (Å²) in [7, 11) is 0. The number of hydrogen-bond acceptors (Lipinski definition) is 0. The van der Waals surface area contributed by atoms with E-state index in [0.717, 1.165) is 17.8 Å². The van der Waals surface area contributed by atoms with Crippen LogP contribution in [0.1, 0.15) is 67.6 Å². The molecule has 0 heterocycles. The molecule has 116 valence electrons. The van der Waals surface area contributed by atoms with Gasteiger partial charge in [0.05, 0.1) is 0 Å². The minimum absolute atomic E-state index is 0.811. The van der Waals surface area contributed by atoms with Gasteiger partial charge in [0, 0.05) is 0 Å². The molecule has 0 radical (unpaired) electrons. The third-order valence-corrected chi connectivity index (χ3v) is 6.60. The van der Waals surface area contributed by atoms with Crippen molar-refractivity contribution in [1.82, 2.24) is 0 Å². The van der Waals surface area contributed by atoms with Crippen LogP contribution < -0.4 is 0 Å². The molecule has 0 nitrogen and oxygen atoms in total. The van der Waals surface area contributed by atoms with Crippen LogP contribution in [-0.2, 0) is 0 Å². The molecule has 2 aliphatic rings. The Kier molecular flexibility index (Phi) is 3.72. The maximum atomic E-state index is 2.48. The Labute approximate surface area is 134 Å². The zero-order valence-electron chi connectivity index (χ0n) is 14.1. The highest BCUT2D eigenvalue weighted by Gasteiger charge is 2.32. The van der Waals surface area contributed by atoms with E-state index < -0.39 is 0 Å². The molecule has 0 saturated heterocycles. The summed E-state index contributed by atoms with van der Waals surface area (Å²) in [5.41, 5.74) is 4.45. The van der Waals surface area contributed by atoms with Crippen molar-refractivity contribution < 1.29 is 0 Å². The van der Waals surface area contributed by atoms with Crippen molar-refractivity contribution in [3.05, 3.63) is 47.0 Å². The number of hydrogen-bond donors (Lipinski definition) is 0. The van der Waals surface area contributed by atoms with E-state index in [1.54, 1.807) is 5.56 Å². The summed E-state index contributed by atoms with van der Waals surface area (Å²) in [6.45, 7) is 4.47. The Bertz CT molecular complexity index is 682. The smallest absolute Gasteiger partial charge is 0.0152 e. The molecule has 0 aliphatic heterocycles. The highest BCUT2D eigenvalue weighted by Crippen LogP contribution is 2.46. The SMILES string of the molecule is Cc1ccc2cc(C3CCC4CCCCC4C3)ccc2c1C. The number of rotatable bonds is 1. The fraction of sp³-hybridized carbons (Fsp3) is 0.545. The maximum absolute atomic E-state index is 2.48. The standard InChI is InChI=1S/C22H28/c1-15-7-8-21-14-20(11-12-22(21)16(15)2)19-10-9-17-5-3-4-6-18(17)13-19/h7-8,11-12,14,17-19H,3-6,9-10,13H2,1-2H3. The van der Waals surface area contributed by atoms with E-state index in [0.29, 0.717) is 0 Å². The van der Waals surface area contributed by atoms with Gasteiger partial charge in [0.1, 0.15) is 0 Å². The van der Waals surface area contributed by atoms with Gasteiger partial charge in [-0.05, 0) is 78.3 Å². The Balaban J connectivity index is 1.62. The van der Waals surface area contributed by atoms with Gasteiger partial charge in [-0.25, -0.2) is 0 Å². The Morgan fingerprint density at radius 1 is 0.818 bits per heavy atom. The highest BCUT2D eigenvalue weighted by molar-refractivity contribution is 5.87. The van der Waals surface area contributed by atoms with E-state index in [1.807, 2.05) is 0 Å². The lowest BCUT2D eigenvalue weighted by Gasteiger charge is -2.39. The molecule has 2 fully saturated rings. The molecule has 22 heavy (non-hydrogen) atoms. The topological polar surface area (TPSA) is 0 Å². The molecule has 0 N–H and O–H groups in total. The lowest BCUT2D eigenvalue weighted by atomic mass is 9.66. The van der Waals surface area contributed by atoms with Gasteiger partial charge < -0.3 is 0 Å². The second-order valence-corrected chi connectivity index (χ2v) is 7.80. The average Bonchev–Trinajstić information content (AvgIpc) is 2.57. The largest absolute Gasteiger partial charge is 0.0584 e. The first kappa shape index (κ1) is 14.3. The monoisotopic (exact) mass is 292 g/mol. The average molecular weight is 292 g/mol. The molecule has 0 heteroatoms. The maximum Gasteiger partial charge on any atom is -0.0152 e. The van der Waals surface area contributed by atoms with Crippen molar-refractivity contribution >= 4 is 10.8 Å². The van der Waals surface area contributed by atoms with Gasteiger partial charge in [-0.1, -0.05) is 56.0 Å². The number of aryl methyl sites for hydroxylation is 2. The fourth-order valence-electron chi connectivity index (χ4n) is 5.04. The van der Waals surface area contributed by atoms with E-state index in [9.17, 15) is 0 Å². The zero-order chi connectivity index (χ0) is 15.1. The second-order valence-electron chi connectivity index (χ2n) is 7.80. The normalized spacial score (nSPS) is 28.5. The fourth-order valence-corrected chi connectivity index (χ4v) is 5.04. The van der Waals surface area contributed by atoms with E-state index in [1.165, 1.54) is 66.8 Å². The Morgan fingerprint density at radius 3 is 2.50 bits per heavy atom. The number of benzene rings is 2. The molecule has 0 aromatic heterocycles. The molecule has 2 aliphatic carbocycles. The summed E-state index contributed by atoms with van der Waals surface area (Å²) in [6, 6.07) is 11.9. The minimum Gasteiger partial charge on any atom is -0.0584 e. The minimum atomic E-state index is 0.811. The highest BCUT2D eigenvalue weighted by atomic mass is 14.4. The van der Waals surface area contributed by atoms with Gasteiger partial charge in [0.15, 0.2) is 0 Å². The van der Waals surface area contributed by atoms with Gasteiger partial charge in [-0.2, -0.15) is 0 Å². The summed E-state index contributed by atoms with van der Waals surface area (Å²) in [4.78, 5) is 0. The van der Waals surface area contributed by atoms with E-state index in [-0.39, 0.29) is 0 Å². The van der Waals surface area contributed by atoms with Gasteiger partial charge in [-0.3, -0.25) is 0 Å². The third kappa shape index (κ3) is 2.47. The van der Waals surface area contributed by atoms with Crippen LogP contribution in [0, 0.1) is 25.7 Å². The predicted molar refractivity (Wildman–Crippen MR) is 95.5 cm³/mol. The molecule has 0 bridgehead atoms. The summed E-state index contributed by atoms with van der Waals surface area (Å²) in [6.07, 6.45) is 10.3. The van der Waals surface area contributed by atoms with Crippen LogP contribution in [-0.4, -0.2) is 0 Å². The predicted octanol–water partition coefficient (Wildman–Crippen LogP) is 6.53. The number of fused-ring (bicyclic) bond motifs is 2. The molecule has 2 saturated carbocycles. The summed E-state index contributed by atoms with van der Waals surface area (Å²) < 4.78 is 0. The molecule has 3 unspecified atom stereocenters. The van der Waals surface area contributed by atoms with Crippen molar-refractivity contribution in [3.63, 3.8) is 0 Å². The van der Waals surface area contributed by atoms with Gasteiger partial charge in [0.2, 0.25) is 0 Å². The van der Waals surface area contributed by atoms with Crippen LogP contribution >= 0.6 is 0 Å². The first-order chi connectivity index (χ1) is 10.7. The van der Waals surface area contributed by atoms with Crippen molar-refractivity contribution in [2.45, 2.75) is 64.7 Å². The van der Waals surface area contributed by atoms with Crippen LogP contribution in [0.25, 0.3) is 10.8 Å². The Hall–Kier alpha value is -1.30. The second kappa shape index (κ2) is 5.72. The molecule has 3 atom stereocenters. The molecule has 2 aromatic rings. The summed E-state index contributed by atoms with van der Waals surface area (Å²) >= 11 is 0. The molecule has 2 aromatic carbocycles. The van der Waals surface area contributed by atoms with Gasteiger partial charge in [-0.15, -0.1) is 0 Å². The lowest BCUT2D eigenvalue weighted by Crippen LogP contribution is -2.26. The molecule has 4 rings (SSSR count). The molecule has 0 spiro atoms. The molecule has 0 amide bonds. The van der Waals surface area contributed by atoms with Crippen LogP contribution in [0.3, 0.4) is 0 Å². The van der Waals surface area contributed by atoms with Crippen molar-refractivity contribution in [2.24, 2.45) is 11.8 Å². The van der Waals surface area contributed by atoms with E-state index in [4.69, 9.17) is 0 Å².